The SMILES string of the molecule is CC(=O)N[C@H]1[C@H](O[C@H]2[C@H](O)[C@@H](NC(C)=O)C(O)O[C@@H]2CO)O[C@H](CO)[C@@H](O[C@@H]2O[C@H](CO[C@H]3O[C@H](CO)[C@@H](O)[C@H](O)[C@@H]3O[C@@H]3O[C@H](CO)[C@@H](O[C@@H]4O[C@H](CO)[C@H](O)[C@H](O)[C@H]4NC(C)=O)[C@H](O)[C@H]3NC(C)=O)[C@@H](O)[C@H](O[C@H]3O[C@H](CO)[C@@H](O)[C@H](O)[C@@H]3O[C@@H]3O[C@H](CO)[C@@H](O[C@@H]4O[C@H](CO)[C@H](O)[C@H](O)[C@H]4O)[C@H](O)[C@H]3NC(C)=O)[C@@H]2O)[C@@H]1O. The third-order valence-corrected chi connectivity index (χ3v) is 20.8. The summed E-state index contributed by atoms with van der Waals surface area (Å²) < 4.78 is 101. The lowest BCUT2D eigenvalue weighted by molar-refractivity contribution is -0.399. The van der Waals surface area contributed by atoms with Crippen molar-refractivity contribution in [3.8, 4) is 0 Å². The highest BCUT2D eigenvalue weighted by Gasteiger charge is 2.61. The van der Waals surface area contributed by atoms with Crippen molar-refractivity contribution in [3.63, 3.8) is 0 Å². The van der Waals surface area contributed by atoms with E-state index >= 15 is 0 Å². The van der Waals surface area contributed by atoms with Gasteiger partial charge in [0.05, 0.1) is 59.5 Å². The fourth-order valence-corrected chi connectivity index (χ4v) is 14.9. The molecule has 0 aliphatic carbocycles. The predicted octanol–water partition coefficient (Wildman–Crippen LogP) is -19.9. The maximum Gasteiger partial charge on any atom is 0.217 e. The average Bonchev–Trinajstić information content (AvgIpc) is 0.803. The van der Waals surface area contributed by atoms with Gasteiger partial charge >= 0.3 is 0 Å². The van der Waals surface area contributed by atoms with Crippen molar-refractivity contribution in [2.24, 2.45) is 0 Å². The minimum atomic E-state index is -2.58. The van der Waals surface area contributed by atoms with Gasteiger partial charge in [0, 0.05) is 34.6 Å². The fraction of sp³-hybridized carbons (Fsp3) is 0.922. The molecule has 0 aromatic rings. The molecule has 1 unspecified atom stereocenters. The molecule has 29 N–H and O–H groups in total. The van der Waals surface area contributed by atoms with E-state index in [0.29, 0.717) is 0 Å². The highest BCUT2D eigenvalue weighted by molar-refractivity contribution is 5.75. The van der Waals surface area contributed by atoms with Crippen LogP contribution in [0.15, 0.2) is 0 Å². The molecule has 9 rings (SSSR count). The van der Waals surface area contributed by atoms with Crippen LogP contribution < -0.4 is 26.6 Å². The number of hydrogen-bond donors (Lipinski definition) is 29. The summed E-state index contributed by atoms with van der Waals surface area (Å²) in [6.45, 7) is -5.02. The Hall–Kier alpha value is -4.29. The molecule has 9 saturated heterocycles. The van der Waals surface area contributed by atoms with Crippen LogP contribution in [-0.2, 0) is 104 Å². The molecular formula is C64H107N5O46. The van der Waals surface area contributed by atoms with Crippen molar-refractivity contribution in [1.82, 2.24) is 26.6 Å². The molecule has 9 aliphatic rings. The molecule has 51 heteroatoms. The van der Waals surface area contributed by atoms with Crippen LogP contribution in [0.25, 0.3) is 0 Å². The molecule has 0 aromatic heterocycles. The zero-order chi connectivity index (χ0) is 84.8. The van der Waals surface area contributed by atoms with Gasteiger partial charge in [-0.1, -0.05) is 0 Å². The molecule has 664 valence electrons. The molecule has 5 amide bonds. The van der Waals surface area contributed by atoms with E-state index in [1.54, 1.807) is 0 Å². The van der Waals surface area contributed by atoms with Gasteiger partial charge in [0.25, 0.3) is 0 Å². The fourth-order valence-electron chi connectivity index (χ4n) is 14.9. The predicted molar refractivity (Wildman–Crippen MR) is 355 cm³/mol. The van der Waals surface area contributed by atoms with Gasteiger partial charge in [0.2, 0.25) is 29.5 Å². The maximum atomic E-state index is 13.0. The quantitative estimate of drug-likeness (QED) is 0.0318. The van der Waals surface area contributed by atoms with E-state index in [4.69, 9.17) is 80.5 Å². The largest absolute Gasteiger partial charge is 0.394 e. The molecule has 9 heterocycles. The summed E-state index contributed by atoms with van der Waals surface area (Å²) in [5.41, 5.74) is 0. The standard InChI is InChI=1S/C64H107N5O46/c1-15(78)65-29-40(89)49(24(10-74)100-56(29)98)109-58-31(67-17(3)80)42(91)52(27(13-77)105-58)112-62-48(97)53(113-64-55(46(95)37(86)23(9-73)104-64)115-60-33(69-19(5)82)43(92)51(26(12-76)107-60)111-61-47(96)44(93)35(84)21(7-71)102-61)38(87)28(108-62)14-99-63-54(45(94)36(85)22(8-72)103-63)114-59-32(68-18(4)81)41(90)50(25(11-75)106-59)110-57-30(66-16(2)79)39(88)34(83)20(6-70)101-57/h20-64,70-77,83-98H,6-14H2,1-5H3,(H,65,78)(H,66,79)(H,67,80)(H,68,81)(H,69,82)/t20-,21-,22-,23-,24-,25-,26-,27-,28-,29-,30-,31-,32-,33-,34+,35+,36-,37-,38-,39-,40-,41-,42-,43-,44+,45+,46+,47-,48+,49-,50-,51-,52-,53+,54+,55+,56?,57+,58+,59+,60+,61+,62+,63+,64-/m1/s1. The zero-order valence-corrected chi connectivity index (χ0v) is 62.1. The maximum absolute atomic E-state index is 13.0. The second kappa shape index (κ2) is 41.5. The van der Waals surface area contributed by atoms with Crippen molar-refractivity contribution in [3.05, 3.63) is 0 Å². The number of nitrogens with one attached hydrogen (secondary N) is 5. The van der Waals surface area contributed by atoms with Gasteiger partial charge in [-0.3, -0.25) is 24.0 Å². The normalized spacial score (nSPS) is 47.9. The van der Waals surface area contributed by atoms with Crippen LogP contribution in [0.2, 0.25) is 0 Å². The van der Waals surface area contributed by atoms with Gasteiger partial charge in [-0.05, 0) is 0 Å². The van der Waals surface area contributed by atoms with E-state index in [2.05, 4.69) is 26.6 Å². The Morgan fingerprint density at radius 1 is 0.226 bits per heavy atom. The van der Waals surface area contributed by atoms with Crippen LogP contribution in [0.4, 0.5) is 0 Å². The van der Waals surface area contributed by atoms with Gasteiger partial charge in [-0.25, -0.2) is 0 Å². The first-order valence-corrected chi connectivity index (χ1v) is 36.6. The number of aliphatic hydroxyl groups excluding tert-OH is 24. The Morgan fingerprint density at radius 2 is 0.478 bits per heavy atom. The Bertz CT molecular complexity index is 3100. The molecule has 9 fully saturated rings. The average molecular weight is 1680 g/mol. The smallest absolute Gasteiger partial charge is 0.217 e. The molecule has 51 nitrogen and oxygen atoms in total. The second-order valence-electron chi connectivity index (χ2n) is 28.9. The molecule has 0 radical (unpaired) electrons. The number of aliphatic hydroxyl groups is 24. The first-order chi connectivity index (χ1) is 54.4. The molecule has 0 bridgehead atoms. The monoisotopic (exact) mass is 1680 g/mol. The third-order valence-electron chi connectivity index (χ3n) is 20.8. The van der Waals surface area contributed by atoms with Crippen LogP contribution in [0.3, 0.4) is 0 Å². The number of carbonyl (C=O) groups is 5. The molecule has 45 atom stereocenters. The summed E-state index contributed by atoms with van der Waals surface area (Å²) in [6.07, 6.45) is -83.0. The summed E-state index contributed by atoms with van der Waals surface area (Å²) in [7, 11) is 0. The topological polar surface area (TPSA) is 788 Å². The minimum absolute atomic E-state index is 0.790. The van der Waals surface area contributed by atoms with Gasteiger partial charge in [-0.2, -0.15) is 0 Å². The van der Waals surface area contributed by atoms with Gasteiger partial charge in [-0.15, -0.1) is 0 Å². The highest BCUT2D eigenvalue weighted by Crippen LogP contribution is 2.40. The van der Waals surface area contributed by atoms with Crippen molar-refractivity contribution in [2.45, 2.75) is 311 Å². The summed E-state index contributed by atoms with van der Waals surface area (Å²) >= 11 is 0. The van der Waals surface area contributed by atoms with Crippen molar-refractivity contribution in [2.75, 3.05) is 59.5 Å². The summed E-state index contributed by atoms with van der Waals surface area (Å²) in [6, 6.07) is -9.10. The molecule has 0 spiro atoms. The van der Waals surface area contributed by atoms with Crippen LogP contribution in [-0.4, -0.2) is 488 Å². The van der Waals surface area contributed by atoms with Gasteiger partial charge < -0.3 is 230 Å². The Labute approximate surface area is 651 Å². The highest BCUT2D eigenvalue weighted by atomic mass is 16.8. The molecular weight excluding hydrogens is 1570 g/mol. The lowest BCUT2D eigenvalue weighted by atomic mass is 9.93. The zero-order valence-electron chi connectivity index (χ0n) is 62.1. The van der Waals surface area contributed by atoms with Crippen LogP contribution >= 0.6 is 0 Å². The van der Waals surface area contributed by atoms with Gasteiger partial charge in [0.15, 0.2) is 56.6 Å². The molecule has 0 aromatic carbocycles. The van der Waals surface area contributed by atoms with E-state index in [9.17, 15) is 147 Å². The van der Waals surface area contributed by atoms with E-state index in [-0.39, 0.29) is 0 Å². The summed E-state index contributed by atoms with van der Waals surface area (Å²) in [4.78, 5) is 63.4. The Balaban J connectivity index is 1.06. The lowest BCUT2D eigenvalue weighted by Crippen LogP contribution is -2.71. The number of carbonyl (C=O) groups excluding carboxylic acids is 5. The number of rotatable bonds is 30. The third kappa shape index (κ3) is 21.3. The number of hydrogen-bond acceptors (Lipinski definition) is 46. The van der Waals surface area contributed by atoms with E-state index in [1.165, 1.54) is 0 Å². The van der Waals surface area contributed by atoms with Crippen LogP contribution in [0, 0.1) is 0 Å². The molecule has 0 saturated carbocycles. The second-order valence-corrected chi connectivity index (χ2v) is 28.9. The lowest BCUT2D eigenvalue weighted by Gasteiger charge is -2.51. The van der Waals surface area contributed by atoms with Crippen molar-refractivity contribution in [1.29, 1.82) is 0 Å². The van der Waals surface area contributed by atoms with Crippen LogP contribution in [0.5, 0.6) is 0 Å². The minimum Gasteiger partial charge on any atom is -0.394 e. The van der Waals surface area contributed by atoms with E-state index in [0.717, 1.165) is 34.6 Å². The van der Waals surface area contributed by atoms with Crippen molar-refractivity contribution < 1.29 is 227 Å². The summed E-state index contributed by atoms with van der Waals surface area (Å²) in [5.74, 6) is -4.43. The van der Waals surface area contributed by atoms with E-state index in [1.807, 2.05) is 0 Å². The van der Waals surface area contributed by atoms with Crippen molar-refractivity contribution >= 4 is 29.5 Å². The molecule has 9 aliphatic heterocycles. The number of amides is 5. The first kappa shape index (κ1) is 94.6. The Kier molecular flexibility index (Phi) is 34.1. The van der Waals surface area contributed by atoms with Crippen LogP contribution in [0.1, 0.15) is 34.6 Å². The van der Waals surface area contributed by atoms with E-state index < -0.39 is 365 Å². The summed E-state index contributed by atoms with van der Waals surface area (Å²) in [5, 5.41) is 280. The number of ether oxygens (including phenoxy) is 17. The van der Waals surface area contributed by atoms with Gasteiger partial charge in [0.1, 0.15) is 219 Å². The first-order valence-electron chi connectivity index (χ1n) is 36.6. The molecule has 115 heavy (non-hydrogen) atoms. The Morgan fingerprint density at radius 3 is 0.852 bits per heavy atom.